The lowest BCUT2D eigenvalue weighted by Crippen LogP contribution is -1.98. The summed E-state index contributed by atoms with van der Waals surface area (Å²) in [5.41, 5.74) is 1.05. The van der Waals surface area contributed by atoms with Gasteiger partial charge in [-0.1, -0.05) is 13.3 Å². The van der Waals surface area contributed by atoms with Crippen LogP contribution < -0.4 is 5.32 Å². The van der Waals surface area contributed by atoms with Crippen LogP contribution in [0.3, 0.4) is 0 Å². The predicted octanol–water partition coefficient (Wildman–Crippen LogP) is 2.15. The molecule has 1 rings (SSSR count). The molecule has 84 valence electrons. The first-order valence-electron chi connectivity index (χ1n) is 5.05. The standard InChI is InChI=1S/C10H16N2O2S/c1-3-4-7-8(5-6-9(13)14)15-10(11-2)12-7/h3-6H2,1-2H3,(H,11,12)(H,13,14). The zero-order valence-electron chi connectivity index (χ0n) is 9.04. The van der Waals surface area contributed by atoms with Crippen LogP contribution in [0.1, 0.15) is 30.3 Å². The number of carboxylic acids is 1. The summed E-state index contributed by atoms with van der Waals surface area (Å²) in [6.45, 7) is 2.10. The lowest BCUT2D eigenvalue weighted by molar-refractivity contribution is -0.136. The number of carbonyl (C=O) groups is 1. The normalized spacial score (nSPS) is 10.3. The van der Waals surface area contributed by atoms with E-state index in [0.29, 0.717) is 6.42 Å². The van der Waals surface area contributed by atoms with Crippen LogP contribution >= 0.6 is 11.3 Å². The number of aromatic nitrogens is 1. The summed E-state index contributed by atoms with van der Waals surface area (Å²) in [6.07, 6.45) is 2.73. The monoisotopic (exact) mass is 228 g/mol. The number of thiazole rings is 1. The van der Waals surface area contributed by atoms with Crippen molar-refractivity contribution in [3.8, 4) is 0 Å². The summed E-state index contributed by atoms with van der Waals surface area (Å²) in [6, 6.07) is 0. The Morgan fingerprint density at radius 2 is 2.27 bits per heavy atom. The fourth-order valence-corrected chi connectivity index (χ4v) is 2.30. The van der Waals surface area contributed by atoms with E-state index in [2.05, 4.69) is 17.2 Å². The molecule has 0 spiro atoms. The summed E-state index contributed by atoms with van der Waals surface area (Å²) < 4.78 is 0. The quantitative estimate of drug-likeness (QED) is 0.783. The average molecular weight is 228 g/mol. The van der Waals surface area contributed by atoms with E-state index in [0.717, 1.165) is 28.5 Å². The van der Waals surface area contributed by atoms with Gasteiger partial charge in [0.2, 0.25) is 0 Å². The number of hydrogen-bond donors (Lipinski definition) is 2. The maximum Gasteiger partial charge on any atom is 0.303 e. The Hall–Kier alpha value is -1.10. The van der Waals surface area contributed by atoms with Gasteiger partial charge in [0.15, 0.2) is 5.13 Å². The Balaban J connectivity index is 2.73. The Kier molecular flexibility index (Phi) is 4.55. The van der Waals surface area contributed by atoms with Crippen molar-refractivity contribution in [3.63, 3.8) is 0 Å². The van der Waals surface area contributed by atoms with E-state index in [9.17, 15) is 4.79 Å². The predicted molar refractivity (Wildman–Crippen MR) is 61.6 cm³/mol. The van der Waals surface area contributed by atoms with E-state index in [1.54, 1.807) is 11.3 Å². The first-order chi connectivity index (χ1) is 7.17. The minimum absolute atomic E-state index is 0.183. The van der Waals surface area contributed by atoms with Gasteiger partial charge in [0.1, 0.15) is 0 Å². The van der Waals surface area contributed by atoms with Crippen LogP contribution in [0.15, 0.2) is 0 Å². The lowest BCUT2D eigenvalue weighted by Gasteiger charge is -1.97. The Bertz CT molecular complexity index is 336. The molecule has 0 bridgehead atoms. The van der Waals surface area contributed by atoms with Gasteiger partial charge in [-0.25, -0.2) is 4.98 Å². The molecule has 0 unspecified atom stereocenters. The van der Waals surface area contributed by atoms with E-state index < -0.39 is 5.97 Å². The molecule has 0 fully saturated rings. The van der Waals surface area contributed by atoms with Crippen LogP contribution in [0.2, 0.25) is 0 Å². The van der Waals surface area contributed by atoms with Gasteiger partial charge >= 0.3 is 5.97 Å². The van der Waals surface area contributed by atoms with E-state index in [-0.39, 0.29) is 6.42 Å². The average Bonchev–Trinajstić information content (AvgIpc) is 2.58. The minimum Gasteiger partial charge on any atom is -0.481 e. The van der Waals surface area contributed by atoms with E-state index in [4.69, 9.17) is 5.11 Å². The fraction of sp³-hybridized carbons (Fsp3) is 0.600. The highest BCUT2D eigenvalue weighted by molar-refractivity contribution is 7.15. The van der Waals surface area contributed by atoms with Crippen LogP contribution in [0.25, 0.3) is 0 Å². The van der Waals surface area contributed by atoms with Crippen molar-refractivity contribution in [2.45, 2.75) is 32.6 Å². The molecular formula is C10H16N2O2S. The zero-order chi connectivity index (χ0) is 11.3. The summed E-state index contributed by atoms with van der Waals surface area (Å²) >= 11 is 1.56. The highest BCUT2D eigenvalue weighted by atomic mass is 32.1. The molecule has 1 heterocycles. The minimum atomic E-state index is -0.753. The van der Waals surface area contributed by atoms with Gasteiger partial charge < -0.3 is 10.4 Å². The molecular weight excluding hydrogens is 212 g/mol. The number of aryl methyl sites for hydroxylation is 2. The van der Waals surface area contributed by atoms with Gasteiger partial charge in [-0.15, -0.1) is 11.3 Å². The van der Waals surface area contributed by atoms with Crippen molar-refractivity contribution in [1.82, 2.24) is 4.98 Å². The van der Waals surface area contributed by atoms with E-state index >= 15 is 0 Å². The van der Waals surface area contributed by atoms with Crippen LogP contribution in [0.5, 0.6) is 0 Å². The molecule has 0 aliphatic rings. The van der Waals surface area contributed by atoms with Gasteiger partial charge in [-0.2, -0.15) is 0 Å². The maximum absolute atomic E-state index is 10.5. The van der Waals surface area contributed by atoms with Crippen molar-refractivity contribution < 1.29 is 9.90 Å². The molecule has 0 aliphatic heterocycles. The zero-order valence-corrected chi connectivity index (χ0v) is 9.86. The van der Waals surface area contributed by atoms with Crippen molar-refractivity contribution in [3.05, 3.63) is 10.6 Å². The molecule has 0 aromatic carbocycles. The number of aliphatic carboxylic acids is 1. The largest absolute Gasteiger partial charge is 0.481 e. The molecule has 0 radical (unpaired) electrons. The van der Waals surface area contributed by atoms with Gasteiger partial charge in [0.05, 0.1) is 12.1 Å². The molecule has 5 heteroatoms. The third-order valence-electron chi connectivity index (χ3n) is 2.04. The number of nitrogens with zero attached hydrogens (tertiary/aromatic N) is 1. The molecule has 1 aromatic heterocycles. The van der Waals surface area contributed by atoms with Gasteiger partial charge in [-0.05, 0) is 12.8 Å². The van der Waals surface area contributed by atoms with Crippen LogP contribution in [-0.4, -0.2) is 23.1 Å². The topological polar surface area (TPSA) is 62.2 Å². The molecule has 0 aliphatic carbocycles. The van der Waals surface area contributed by atoms with Crippen LogP contribution in [-0.2, 0) is 17.6 Å². The third-order valence-corrected chi connectivity index (χ3v) is 3.22. The summed E-state index contributed by atoms with van der Waals surface area (Å²) in [7, 11) is 1.83. The molecule has 4 nitrogen and oxygen atoms in total. The Labute approximate surface area is 93.4 Å². The van der Waals surface area contributed by atoms with Crippen LogP contribution in [0, 0.1) is 0 Å². The van der Waals surface area contributed by atoms with E-state index in [1.807, 2.05) is 7.05 Å². The number of rotatable bonds is 6. The molecule has 1 aromatic rings. The van der Waals surface area contributed by atoms with Gasteiger partial charge in [0, 0.05) is 11.9 Å². The lowest BCUT2D eigenvalue weighted by atomic mass is 10.2. The second-order valence-corrected chi connectivity index (χ2v) is 4.37. The Morgan fingerprint density at radius 3 is 2.80 bits per heavy atom. The highest BCUT2D eigenvalue weighted by Gasteiger charge is 2.10. The molecule has 0 saturated carbocycles. The van der Waals surface area contributed by atoms with Crippen LogP contribution in [0.4, 0.5) is 5.13 Å². The molecule has 0 atom stereocenters. The first kappa shape index (κ1) is 12.0. The van der Waals surface area contributed by atoms with Crippen molar-refractivity contribution in [2.75, 3.05) is 12.4 Å². The SMILES string of the molecule is CCCc1nc(NC)sc1CCC(=O)O. The van der Waals surface area contributed by atoms with Crippen molar-refractivity contribution in [1.29, 1.82) is 0 Å². The third kappa shape index (κ3) is 3.51. The molecule has 2 N–H and O–H groups in total. The van der Waals surface area contributed by atoms with Crippen molar-refractivity contribution >= 4 is 22.4 Å². The number of nitrogens with one attached hydrogen (secondary N) is 1. The summed E-state index contributed by atoms with van der Waals surface area (Å²) in [4.78, 5) is 16.0. The molecule has 15 heavy (non-hydrogen) atoms. The summed E-state index contributed by atoms with van der Waals surface area (Å²) in [5, 5.41) is 12.5. The highest BCUT2D eigenvalue weighted by Crippen LogP contribution is 2.25. The number of anilines is 1. The van der Waals surface area contributed by atoms with Crippen molar-refractivity contribution in [2.24, 2.45) is 0 Å². The smallest absolute Gasteiger partial charge is 0.303 e. The fourth-order valence-electron chi connectivity index (χ4n) is 1.34. The second-order valence-electron chi connectivity index (χ2n) is 3.28. The molecule has 0 saturated heterocycles. The van der Waals surface area contributed by atoms with Gasteiger partial charge in [0.25, 0.3) is 0 Å². The summed E-state index contributed by atoms with van der Waals surface area (Å²) in [5.74, 6) is -0.753. The maximum atomic E-state index is 10.5. The first-order valence-corrected chi connectivity index (χ1v) is 5.87. The number of hydrogen-bond acceptors (Lipinski definition) is 4. The molecule has 0 amide bonds. The number of carboxylic acid groups (broad SMARTS) is 1. The Morgan fingerprint density at radius 1 is 1.53 bits per heavy atom. The second kappa shape index (κ2) is 5.70. The van der Waals surface area contributed by atoms with E-state index in [1.165, 1.54) is 0 Å². The van der Waals surface area contributed by atoms with Gasteiger partial charge in [-0.3, -0.25) is 4.79 Å².